The minimum atomic E-state index is -1.95. The quantitative estimate of drug-likeness (QED) is 0.454. The van der Waals surface area contributed by atoms with E-state index in [-0.39, 0.29) is 11.0 Å². The van der Waals surface area contributed by atoms with E-state index in [1.165, 1.54) is 12.1 Å². The fourth-order valence-corrected chi connectivity index (χ4v) is 0.929. The van der Waals surface area contributed by atoms with Gasteiger partial charge in [0.15, 0.2) is 0 Å². The molecule has 0 unspecified atom stereocenters. The van der Waals surface area contributed by atoms with Crippen molar-refractivity contribution < 1.29 is 19.2 Å². The molecule has 3 nitrogen and oxygen atoms in total. The van der Waals surface area contributed by atoms with Gasteiger partial charge < -0.3 is 10.0 Å². The molecule has 1 rings (SSSR count). The van der Waals surface area contributed by atoms with Crippen molar-refractivity contribution in [3.63, 3.8) is 0 Å². The van der Waals surface area contributed by atoms with E-state index in [1.807, 2.05) is 0 Å². The van der Waals surface area contributed by atoms with Crippen LogP contribution in [0.15, 0.2) is 18.2 Å². The third-order valence-electron chi connectivity index (χ3n) is 1.47. The monoisotopic (exact) mass is 168 g/mol. The molecule has 12 heavy (non-hydrogen) atoms. The summed E-state index contributed by atoms with van der Waals surface area (Å²) in [6, 6.07) is 3.69. The summed E-state index contributed by atoms with van der Waals surface area (Å²) in [5.41, 5.74) is -0.433. The molecule has 0 heterocycles. The van der Waals surface area contributed by atoms with Crippen LogP contribution in [-0.2, 0) is 0 Å². The summed E-state index contributed by atoms with van der Waals surface area (Å²) in [4.78, 5) is 10.3. The van der Waals surface area contributed by atoms with Gasteiger partial charge in [0.05, 0.1) is 0 Å². The fourth-order valence-electron chi connectivity index (χ4n) is 0.929. The molecule has 0 aromatic heterocycles. The molecular weight excluding hydrogens is 162 g/mol. The van der Waals surface area contributed by atoms with Gasteiger partial charge in [-0.3, -0.25) is 4.79 Å². The van der Waals surface area contributed by atoms with Gasteiger partial charge in [-0.05, 0) is 6.07 Å². The number of hydrogen-bond acceptors (Lipinski definition) is 3. The Morgan fingerprint density at radius 2 is 2.08 bits per heavy atom. The van der Waals surface area contributed by atoms with Crippen LogP contribution in [0.25, 0.3) is 0 Å². The van der Waals surface area contributed by atoms with Crippen molar-refractivity contribution in [3.8, 4) is 0 Å². The largest absolute Gasteiger partial charge is 0.492 e. The van der Waals surface area contributed by atoms with E-state index in [4.69, 9.17) is 10.0 Å². The molecular formula is C7H6BFO3. The predicted molar refractivity (Wildman–Crippen MR) is 41.6 cm³/mol. The van der Waals surface area contributed by atoms with Crippen molar-refractivity contribution in [1.82, 2.24) is 0 Å². The lowest BCUT2D eigenvalue weighted by molar-refractivity contribution is 0.112. The average molecular weight is 168 g/mol. The van der Waals surface area contributed by atoms with Crippen LogP contribution in [0.1, 0.15) is 10.4 Å². The second kappa shape index (κ2) is 3.47. The van der Waals surface area contributed by atoms with Gasteiger partial charge in [-0.1, -0.05) is 12.1 Å². The van der Waals surface area contributed by atoms with Gasteiger partial charge in [-0.2, -0.15) is 0 Å². The van der Waals surface area contributed by atoms with Crippen molar-refractivity contribution in [3.05, 3.63) is 29.6 Å². The number of carbonyl (C=O) groups excluding carboxylic acids is 1. The Balaban J connectivity index is 3.29. The lowest BCUT2D eigenvalue weighted by atomic mass is 9.77. The van der Waals surface area contributed by atoms with Crippen molar-refractivity contribution >= 4 is 18.9 Å². The molecule has 0 aliphatic carbocycles. The topological polar surface area (TPSA) is 57.5 Å². The number of halogens is 1. The summed E-state index contributed by atoms with van der Waals surface area (Å²) >= 11 is 0. The zero-order valence-corrected chi connectivity index (χ0v) is 6.07. The summed E-state index contributed by atoms with van der Waals surface area (Å²) in [6.07, 6.45) is 0.373. The summed E-state index contributed by atoms with van der Waals surface area (Å²) in [5, 5.41) is 17.3. The lowest BCUT2D eigenvalue weighted by Crippen LogP contribution is -2.35. The van der Waals surface area contributed by atoms with Crippen LogP contribution >= 0.6 is 0 Å². The Morgan fingerprint density at radius 3 is 2.50 bits per heavy atom. The normalized spacial score (nSPS) is 9.58. The van der Waals surface area contributed by atoms with Crippen LogP contribution in [-0.4, -0.2) is 23.5 Å². The summed E-state index contributed by atoms with van der Waals surface area (Å²) in [5.74, 6) is -0.797. The molecule has 0 fully saturated rings. The molecule has 0 bridgehead atoms. The highest BCUT2D eigenvalue weighted by Gasteiger charge is 2.19. The van der Waals surface area contributed by atoms with Crippen LogP contribution in [0, 0.1) is 5.82 Å². The minimum absolute atomic E-state index is 0.0509. The molecule has 0 saturated carbocycles. The number of rotatable bonds is 2. The van der Waals surface area contributed by atoms with Crippen molar-refractivity contribution in [2.75, 3.05) is 0 Å². The summed E-state index contributed by atoms with van der Waals surface area (Å²) in [6.45, 7) is 0. The first-order valence-electron chi connectivity index (χ1n) is 3.26. The van der Waals surface area contributed by atoms with Gasteiger partial charge in [0, 0.05) is 11.0 Å². The Bertz CT molecular complexity index is 301. The first-order chi connectivity index (χ1) is 5.66. The number of carbonyl (C=O) groups is 1. The lowest BCUT2D eigenvalue weighted by Gasteiger charge is -2.03. The number of benzene rings is 1. The smallest absolute Gasteiger partial charge is 0.423 e. The Labute approximate surface area is 68.6 Å². The second-order valence-corrected chi connectivity index (χ2v) is 2.23. The molecule has 0 atom stereocenters. The van der Waals surface area contributed by atoms with Gasteiger partial charge in [-0.25, -0.2) is 4.39 Å². The molecule has 5 heteroatoms. The molecule has 1 aromatic carbocycles. The van der Waals surface area contributed by atoms with Crippen LogP contribution < -0.4 is 5.46 Å². The number of hydrogen-bond donors (Lipinski definition) is 2. The molecule has 2 N–H and O–H groups in total. The van der Waals surface area contributed by atoms with E-state index in [0.29, 0.717) is 6.29 Å². The van der Waals surface area contributed by atoms with E-state index >= 15 is 0 Å². The van der Waals surface area contributed by atoms with Crippen LogP contribution in [0.4, 0.5) is 4.39 Å². The van der Waals surface area contributed by atoms with E-state index < -0.39 is 12.9 Å². The van der Waals surface area contributed by atoms with Crippen molar-refractivity contribution in [1.29, 1.82) is 0 Å². The molecule has 0 saturated heterocycles. The van der Waals surface area contributed by atoms with E-state index in [0.717, 1.165) is 6.07 Å². The van der Waals surface area contributed by atoms with E-state index in [1.54, 1.807) is 0 Å². The third-order valence-corrected chi connectivity index (χ3v) is 1.47. The average Bonchev–Trinajstić information content (AvgIpc) is 2.03. The van der Waals surface area contributed by atoms with Crippen LogP contribution in [0.2, 0.25) is 0 Å². The maximum atomic E-state index is 12.8. The zero-order valence-electron chi connectivity index (χ0n) is 6.07. The van der Waals surface area contributed by atoms with E-state index in [9.17, 15) is 9.18 Å². The highest BCUT2D eigenvalue weighted by Crippen LogP contribution is 1.98. The molecule has 0 spiro atoms. The highest BCUT2D eigenvalue weighted by atomic mass is 19.1. The fraction of sp³-hybridized carbons (Fsp3) is 0. The van der Waals surface area contributed by atoms with Crippen LogP contribution in [0.5, 0.6) is 0 Å². The van der Waals surface area contributed by atoms with Crippen molar-refractivity contribution in [2.45, 2.75) is 0 Å². The number of aldehydes is 1. The Kier molecular flexibility index (Phi) is 2.57. The van der Waals surface area contributed by atoms with Gasteiger partial charge >= 0.3 is 7.12 Å². The third kappa shape index (κ3) is 1.52. The summed E-state index contributed by atoms with van der Waals surface area (Å²) < 4.78 is 12.8. The predicted octanol–water partition coefficient (Wildman–Crippen LogP) is -0.682. The maximum Gasteiger partial charge on any atom is 0.492 e. The van der Waals surface area contributed by atoms with Gasteiger partial charge in [0.1, 0.15) is 12.1 Å². The molecule has 0 aliphatic heterocycles. The molecule has 0 amide bonds. The first kappa shape index (κ1) is 8.90. The van der Waals surface area contributed by atoms with Gasteiger partial charge in [-0.15, -0.1) is 0 Å². The van der Waals surface area contributed by atoms with Crippen molar-refractivity contribution in [2.24, 2.45) is 0 Å². The molecule has 1 aromatic rings. The highest BCUT2D eigenvalue weighted by molar-refractivity contribution is 6.60. The van der Waals surface area contributed by atoms with Gasteiger partial charge in [0.2, 0.25) is 0 Å². The Hall–Kier alpha value is -1.20. The molecule has 0 radical (unpaired) electrons. The second-order valence-electron chi connectivity index (χ2n) is 2.23. The summed E-state index contributed by atoms with van der Waals surface area (Å²) in [7, 11) is -1.95. The molecule has 62 valence electrons. The SMILES string of the molecule is O=Cc1cccc(F)c1B(O)O. The zero-order chi connectivity index (χ0) is 9.14. The maximum absolute atomic E-state index is 12.8. The van der Waals surface area contributed by atoms with Gasteiger partial charge in [0.25, 0.3) is 0 Å². The molecule has 0 aliphatic rings. The minimum Gasteiger partial charge on any atom is -0.423 e. The van der Waals surface area contributed by atoms with Crippen LogP contribution in [0.3, 0.4) is 0 Å². The Morgan fingerprint density at radius 1 is 1.42 bits per heavy atom. The standard InChI is InChI=1S/C7H6BFO3/c9-6-3-1-2-5(4-10)7(6)8(11)12/h1-4,11-12H. The van der Waals surface area contributed by atoms with E-state index in [2.05, 4.69) is 0 Å². The first-order valence-corrected chi connectivity index (χ1v) is 3.26.